The minimum absolute atomic E-state index is 0.142. The molecule has 15 heavy (non-hydrogen) atoms. The topological polar surface area (TPSA) is 54.4 Å². The van der Waals surface area contributed by atoms with Gasteiger partial charge in [0.2, 0.25) is 0 Å². The number of rotatable bonds is 2. The summed E-state index contributed by atoms with van der Waals surface area (Å²) in [6.07, 6.45) is 0.804. The molecule has 1 aromatic carbocycles. The fourth-order valence-corrected chi connectivity index (χ4v) is 3.81. The molecule has 0 bridgehead atoms. The molecule has 0 unspecified atom stereocenters. The normalized spacial score (nSPS) is 22.0. The van der Waals surface area contributed by atoms with Gasteiger partial charge in [0.15, 0.2) is 9.84 Å². The van der Waals surface area contributed by atoms with Crippen LogP contribution in [-0.4, -0.2) is 25.0 Å². The number of hydrogen-bond acceptors (Lipinski definition) is 3. The molecular formula is C11H14O3S. The van der Waals surface area contributed by atoms with Gasteiger partial charge >= 0.3 is 0 Å². The van der Waals surface area contributed by atoms with Gasteiger partial charge in [-0.05, 0) is 17.5 Å². The maximum absolute atomic E-state index is 11.1. The molecule has 0 aliphatic carbocycles. The molecule has 4 heteroatoms. The number of benzene rings is 1. The molecule has 0 atom stereocenters. The maximum atomic E-state index is 11.1. The Bertz CT molecular complexity index is 464. The van der Waals surface area contributed by atoms with Crippen LogP contribution in [-0.2, 0) is 21.9 Å². The fraction of sp³-hybridized carbons (Fsp3) is 0.455. The second-order valence-electron chi connectivity index (χ2n) is 4.07. The van der Waals surface area contributed by atoms with E-state index in [2.05, 4.69) is 0 Å². The van der Waals surface area contributed by atoms with Crippen LogP contribution in [0.5, 0.6) is 0 Å². The van der Waals surface area contributed by atoms with Crippen LogP contribution in [0.2, 0.25) is 0 Å². The lowest BCUT2D eigenvalue weighted by Gasteiger charge is -2.37. The smallest absolute Gasteiger partial charge is 0.156 e. The Morgan fingerprint density at radius 3 is 2.47 bits per heavy atom. The Hall–Kier alpha value is -0.870. The average molecular weight is 226 g/mol. The molecule has 0 amide bonds. The van der Waals surface area contributed by atoms with E-state index in [9.17, 15) is 13.5 Å². The van der Waals surface area contributed by atoms with Gasteiger partial charge in [0.25, 0.3) is 0 Å². The van der Waals surface area contributed by atoms with E-state index in [-0.39, 0.29) is 11.5 Å². The minimum Gasteiger partial charge on any atom is -0.383 e. The Labute approximate surface area is 89.7 Å². The van der Waals surface area contributed by atoms with Crippen molar-refractivity contribution in [2.45, 2.75) is 18.9 Å². The first kappa shape index (κ1) is 10.6. The predicted octanol–water partition coefficient (Wildman–Crippen LogP) is 0.865. The molecule has 1 saturated heterocycles. The Morgan fingerprint density at radius 2 is 1.93 bits per heavy atom. The van der Waals surface area contributed by atoms with E-state index in [4.69, 9.17) is 0 Å². The first-order chi connectivity index (χ1) is 6.97. The Kier molecular flexibility index (Phi) is 2.35. The van der Waals surface area contributed by atoms with Crippen LogP contribution in [0.3, 0.4) is 0 Å². The largest absolute Gasteiger partial charge is 0.383 e. The lowest BCUT2D eigenvalue weighted by atomic mass is 9.91. The Morgan fingerprint density at radius 1 is 1.33 bits per heavy atom. The highest BCUT2D eigenvalue weighted by atomic mass is 32.2. The lowest BCUT2D eigenvalue weighted by molar-refractivity contribution is 0.0682. The van der Waals surface area contributed by atoms with Crippen molar-refractivity contribution in [3.63, 3.8) is 0 Å². The minimum atomic E-state index is -3.01. The number of hydrogen-bond donors (Lipinski definition) is 1. The van der Waals surface area contributed by atoms with Crippen LogP contribution >= 0.6 is 0 Å². The first-order valence-electron chi connectivity index (χ1n) is 4.98. The zero-order valence-corrected chi connectivity index (χ0v) is 9.42. The van der Waals surface area contributed by atoms with Crippen molar-refractivity contribution in [1.29, 1.82) is 0 Å². The van der Waals surface area contributed by atoms with Gasteiger partial charge in [0.05, 0.1) is 11.5 Å². The van der Waals surface area contributed by atoms with Crippen molar-refractivity contribution in [2.75, 3.05) is 11.5 Å². The molecule has 2 rings (SSSR count). The van der Waals surface area contributed by atoms with Crippen LogP contribution < -0.4 is 0 Å². The summed E-state index contributed by atoms with van der Waals surface area (Å²) in [4.78, 5) is 0. The van der Waals surface area contributed by atoms with Gasteiger partial charge in [-0.1, -0.05) is 31.2 Å². The van der Waals surface area contributed by atoms with E-state index >= 15 is 0 Å². The van der Waals surface area contributed by atoms with Gasteiger partial charge in [-0.3, -0.25) is 0 Å². The summed E-state index contributed by atoms with van der Waals surface area (Å²) in [6, 6.07) is 7.47. The molecule has 0 spiro atoms. The first-order valence-corrected chi connectivity index (χ1v) is 6.80. The summed E-state index contributed by atoms with van der Waals surface area (Å²) < 4.78 is 22.2. The van der Waals surface area contributed by atoms with E-state index in [1.165, 1.54) is 0 Å². The summed E-state index contributed by atoms with van der Waals surface area (Å²) in [5.41, 5.74) is 0.642. The quantitative estimate of drug-likeness (QED) is 0.814. The molecule has 0 aromatic heterocycles. The van der Waals surface area contributed by atoms with Crippen molar-refractivity contribution in [2.24, 2.45) is 0 Å². The zero-order chi connectivity index (χ0) is 11.1. The third-order valence-corrected chi connectivity index (χ3v) is 4.65. The second-order valence-corrected chi connectivity index (χ2v) is 6.14. The summed E-state index contributed by atoms with van der Waals surface area (Å²) in [6.45, 7) is 2.00. The van der Waals surface area contributed by atoms with Crippen LogP contribution in [0.4, 0.5) is 0 Å². The summed E-state index contributed by atoms with van der Waals surface area (Å²) >= 11 is 0. The van der Waals surface area contributed by atoms with Gasteiger partial charge in [0.1, 0.15) is 5.60 Å². The molecule has 3 nitrogen and oxygen atoms in total. The van der Waals surface area contributed by atoms with Gasteiger partial charge < -0.3 is 5.11 Å². The van der Waals surface area contributed by atoms with Crippen LogP contribution in [0.25, 0.3) is 0 Å². The molecule has 1 aromatic rings. The number of aliphatic hydroxyl groups is 1. The standard InChI is InChI=1S/C11H14O3S/c1-2-9-5-3-4-6-10(9)11(12)7-15(13,14)8-11/h3-6,12H,2,7-8H2,1H3. The molecule has 82 valence electrons. The number of sulfone groups is 1. The molecule has 0 saturated carbocycles. The monoisotopic (exact) mass is 226 g/mol. The number of aryl methyl sites for hydroxylation is 1. The van der Waals surface area contributed by atoms with Crippen molar-refractivity contribution in [3.05, 3.63) is 35.4 Å². The van der Waals surface area contributed by atoms with Crippen LogP contribution in [0, 0.1) is 0 Å². The highest BCUT2D eigenvalue weighted by molar-refractivity contribution is 7.92. The lowest BCUT2D eigenvalue weighted by Crippen LogP contribution is -2.52. The Balaban J connectivity index is 2.39. The van der Waals surface area contributed by atoms with E-state index in [0.29, 0.717) is 0 Å². The van der Waals surface area contributed by atoms with Crippen molar-refractivity contribution >= 4 is 9.84 Å². The van der Waals surface area contributed by atoms with Crippen LogP contribution in [0.15, 0.2) is 24.3 Å². The molecular weight excluding hydrogens is 212 g/mol. The van der Waals surface area contributed by atoms with Gasteiger partial charge in [0, 0.05) is 0 Å². The summed E-state index contributed by atoms with van der Waals surface area (Å²) in [5.74, 6) is -0.284. The molecule has 1 aliphatic rings. The van der Waals surface area contributed by atoms with Crippen molar-refractivity contribution in [1.82, 2.24) is 0 Å². The molecule has 0 radical (unpaired) electrons. The van der Waals surface area contributed by atoms with Gasteiger partial charge in [-0.25, -0.2) is 8.42 Å². The molecule has 1 aliphatic heterocycles. The zero-order valence-electron chi connectivity index (χ0n) is 8.60. The third-order valence-electron chi connectivity index (χ3n) is 2.82. The predicted molar refractivity (Wildman–Crippen MR) is 58.4 cm³/mol. The fourth-order valence-electron chi connectivity index (χ4n) is 2.12. The maximum Gasteiger partial charge on any atom is 0.156 e. The van der Waals surface area contributed by atoms with E-state index < -0.39 is 15.4 Å². The van der Waals surface area contributed by atoms with Gasteiger partial charge in [-0.15, -0.1) is 0 Å². The second kappa shape index (κ2) is 3.32. The van der Waals surface area contributed by atoms with Crippen molar-refractivity contribution < 1.29 is 13.5 Å². The molecule has 1 fully saturated rings. The molecule has 1 N–H and O–H groups in total. The average Bonchev–Trinajstić information content (AvgIpc) is 2.14. The molecule has 1 heterocycles. The van der Waals surface area contributed by atoms with E-state index in [0.717, 1.165) is 17.5 Å². The highest BCUT2D eigenvalue weighted by Crippen LogP contribution is 2.35. The summed E-state index contributed by atoms with van der Waals surface area (Å²) in [5, 5.41) is 10.1. The highest BCUT2D eigenvalue weighted by Gasteiger charge is 2.49. The van der Waals surface area contributed by atoms with Crippen molar-refractivity contribution in [3.8, 4) is 0 Å². The van der Waals surface area contributed by atoms with Gasteiger partial charge in [-0.2, -0.15) is 0 Å². The summed E-state index contributed by atoms with van der Waals surface area (Å²) in [7, 11) is -3.01. The van der Waals surface area contributed by atoms with E-state index in [1.54, 1.807) is 0 Å². The third kappa shape index (κ3) is 1.79. The van der Waals surface area contributed by atoms with Crippen LogP contribution in [0.1, 0.15) is 18.1 Å². The van der Waals surface area contributed by atoms with E-state index in [1.807, 2.05) is 31.2 Å². The SMILES string of the molecule is CCc1ccccc1C1(O)CS(=O)(=O)C1.